The van der Waals surface area contributed by atoms with Crippen LogP contribution in [0.15, 0.2) is 63.8 Å². The third-order valence-corrected chi connectivity index (χ3v) is 3.21. The summed E-state index contributed by atoms with van der Waals surface area (Å²) in [6.45, 7) is 0. The molecule has 0 spiro atoms. The van der Waals surface area contributed by atoms with Gasteiger partial charge in [0.2, 0.25) is 0 Å². The Balaban J connectivity index is 1.99. The Morgan fingerprint density at radius 3 is 2.57 bits per heavy atom. The minimum Gasteiger partial charge on any atom is -0.421 e. The number of hydrogen-bond donors (Lipinski definition) is 1. The standard InChI is InChI=1S/C16H10ClNO3/c17-12-6-7-14-11(8-12)9-13(16(20)21-14)18-15(19)10-4-2-1-3-5-10/h1-9H,(H,18,19). The number of carbonyl (C=O) groups excluding carboxylic acids is 1. The fourth-order valence-electron chi connectivity index (χ4n) is 1.97. The first-order valence-corrected chi connectivity index (χ1v) is 6.61. The summed E-state index contributed by atoms with van der Waals surface area (Å²) in [5.41, 5.74) is 0.359. The highest BCUT2D eigenvalue weighted by molar-refractivity contribution is 6.31. The summed E-state index contributed by atoms with van der Waals surface area (Å²) in [5, 5.41) is 3.72. The van der Waals surface area contributed by atoms with Gasteiger partial charge in [-0.15, -0.1) is 0 Å². The quantitative estimate of drug-likeness (QED) is 0.734. The predicted octanol–water partition coefficient (Wildman–Crippen LogP) is 3.70. The molecule has 4 nitrogen and oxygen atoms in total. The Hall–Kier alpha value is -2.59. The van der Waals surface area contributed by atoms with E-state index in [0.29, 0.717) is 21.6 Å². The van der Waals surface area contributed by atoms with E-state index in [1.165, 1.54) is 0 Å². The summed E-state index contributed by atoms with van der Waals surface area (Å²) >= 11 is 5.91. The zero-order valence-electron chi connectivity index (χ0n) is 10.8. The van der Waals surface area contributed by atoms with Crippen LogP contribution in [-0.4, -0.2) is 5.91 Å². The summed E-state index contributed by atoms with van der Waals surface area (Å²) in [4.78, 5) is 23.9. The molecular formula is C16H10ClNO3. The normalized spacial score (nSPS) is 10.5. The maximum atomic E-state index is 12.1. The van der Waals surface area contributed by atoms with Crippen LogP contribution in [0.25, 0.3) is 11.0 Å². The Morgan fingerprint density at radius 1 is 1.05 bits per heavy atom. The average Bonchev–Trinajstić information content (AvgIpc) is 2.49. The first-order valence-electron chi connectivity index (χ1n) is 6.23. The van der Waals surface area contributed by atoms with Crippen LogP contribution < -0.4 is 10.9 Å². The minimum absolute atomic E-state index is 0.0821. The molecule has 1 amide bonds. The van der Waals surface area contributed by atoms with Crippen LogP contribution in [0.4, 0.5) is 5.69 Å². The first kappa shape index (κ1) is 13.4. The van der Waals surface area contributed by atoms with Crippen molar-refractivity contribution < 1.29 is 9.21 Å². The van der Waals surface area contributed by atoms with E-state index in [1.54, 1.807) is 48.5 Å². The Morgan fingerprint density at radius 2 is 1.81 bits per heavy atom. The lowest BCUT2D eigenvalue weighted by molar-refractivity contribution is 0.102. The van der Waals surface area contributed by atoms with Crippen molar-refractivity contribution >= 4 is 34.2 Å². The number of anilines is 1. The summed E-state index contributed by atoms with van der Waals surface area (Å²) < 4.78 is 5.16. The van der Waals surface area contributed by atoms with Gasteiger partial charge in [0.05, 0.1) is 0 Å². The van der Waals surface area contributed by atoms with Gasteiger partial charge in [-0.1, -0.05) is 29.8 Å². The molecule has 0 aliphatic rings. The Labute approximate surface area is 125 Å². The molecule has 0 radical (unpaired) electrons. The van der Waals surface area contributed by atoms with Crippen LogP contribution in [0, 0.1) is 0 Å². The summed E-state index contributed by atoms with van der Waals surface area (Å²) in [7, 11) is 0. The van der Waals surface area contributed by atoms with Crippen LogP contribution in [0.2, 0.25) is 5.02 Å². The maximum Gasteiger partial charge on any atom is 0.360 e. The number of nitrogens with one attached hydrogen (secondary N) is 1. The maximum absolute atomic E-state index is 12.1. The molecule has 0 aliphatic carbocycles. The van der Waals surface area contributed by atoms with Crippen molar-refractivity contribution in [1.82, 2.24) is 0 Å². The van der Waals surface area contributed by atoms with Gasteiger partial charge >= 0.3 is 5.63 Å². The molecule has 3 rings (SSSR count). The first-order chi connectivity index (χ1) is 10.1. The Kier molecular flexibility index (Phi) is 3.46. The van der Waals surface area contributed by atoms with Crippen LogP contribution >= 0.6 is 11.6 Å². The van der Waals surface area contributed by atoms with Gasteiger partial charge in [0, 0.05) is 16.0 Å². The van der Waals surface area contributed by atoms with Gasteiger partial charge in [0.1, 0.15) is 11.3 Å². The number of halogens is 1. The third kappa shape index (κ3) is 2.80. The van der Waals surface area contributed by atoms with Gasteiger partial charge in [-0.2, -0.15) is 0 Å². The summed E-state index contributed by atoms with van der Waals surface area (Å²) in [6.07, 6.45) is 0. The highest BCUT2D eigenvalue weighted by Gasteiger charge is 2.10. The smallest absolute Gasteiger partial charge is 0.360 e. The third-order valence-electron chi connectivity index (χ3n) is 2.98. The number of amides is 1. The van der Waals surface area contributed by atoms with Gasteiger partial charge < -0.3 is 9.73 Å². The number of rotatable bonds is 2. The van der Waals surface area contributed by atoms with Crippen molar-refractivity contribution in [3.63, 3.8) is 0 Å². The number of hydrogen-bond acceptors (Lipinski definition) is 3. The lowest BCUT2D eigenvalue weighted by Gasteiger charge is -2.05. The van der Waals surface area contributed by atoms with Crippen LogP contribution in [0.1, 0.15) is 10.4 Å². The second-order valence-corrected chi connectivity index (χ2v) is 4.89. The van der Waals surface area contributed by atoms with Crippen LogP contribution in [0.5, 0.6) is 0 Å². The van der Waals surface area contributed by atoms with Crippen LogP contribution in [-0.2, 0) is 0 Å². The Bertz CT molecular complexity index is 872. The molecule has 0 fully saturated rings. The lowest BCUT2D eigenvalue weighted by atomic mass is 10.2. The molecule has 3 aromatic rings. The molecule has 0 atom stereocenters. The van der Waals surface area contributed by atoms with Crippen molar-refractivity contribution in [2.75, 3.05) is 5.32 Å². The molecular weight excluding hydrogens is 290 g/mol. The highest BCUT2D eigenvalue weighted by Crippen LogP contribution is 2.20. The highest BCUT2D eigenvalue weighted by atomic mass is 35.5. The van der Waals surface area contributed by atoms with E-state index in [-0.39, 0.29) is 11.6 Å². The SMILES string of the molecule is O=C(Nc1cc2cc(Cl)ccc2oc1=O)c1ccccc1. The van der Waals surface area contributed by atoms with E-state index in [0.717, 1.165) is 0 Å². The molecule has 0 saturated carbocycles. The molecule has 0 bridgehead atoms. The largest absolute Gasteiger partial charge is 0.421 e. The van der Waals surface area contributed by atoms with Gasteiger partial charge in [0.15, 0.2) is 0 Å². The number of carbonyl (C=O) groups is 1. The lowest BCUT2D eigenvalue weighted by Crippen LogP contribution is -2.17. The van der Waals surface area contributed by atoms with Crippen molar-refractivity contribution in [2.24, 2.45) is 0 Å². The van der Waals surface area contributed by atoms with E-state index in [2.05, 4.69) is 5.32 Å². The van der Waals surface area contributed by atoms with Gasteiger partial charge in [-0.3, -0.25) is 4.79 Å². The molecule has 5 heteroatoms. The second kappa shape index (κ2) is 5.42. The second-order valence-electron chi connectivity index (χ2n) is 4.45. The molecule has 1 heterocycles. The number of fused-ring (bicyclic) bond motifs is 1. The molecule has 21 heavy (non-hydrogen) atoms. The van der Waals surface area contributed by atoms with E-state index < -0.39 is 5.63 Å². The van der Waals surface area contributed by atoms with Gasteiger partial charge in [-0.25, -0.2) is 4.79 Å². The zero-order chi connectivity index (χ0) is 14.8. The van der Waals surface area contributed by atoms with Crippen molar-refractivity contribution in [3.05, 3.63) is 75.6 Å². The fourth-order valence-corrected chi connectivity index (χ4v) is 2.15. The molecule has 1 N–H and O–H groups in total. The van der Waals surface area contributed by atoms with E-state index in [9.17, 15) is 9.59 Å². The average molecular weight is 300 g/mol. The van der Waals surface area contributed by atoms with Gasteiger partial charge in [-0.05, 0) is 36.4 Å². The molecule has 1 aromatic heterocycles. The van der Waals surface area contributed by atoms with Crippen molar-refractivity contribution in [2.45, 2.75) is 0 Å². The van der Waals surface area contributed by atoms with Crippen LogP contribution in [0.3, 0.4) is 0 Å². The topological polar surface area (TPSA) is 59.3 Å². The van der Waals surface area contributed by atoms with Crippen molar-refractivity contribution in [1.29, 1.82) is 0 Å². The summed E-state index contributed by atoms with van der Waals surface area (Å²) in [6, 6.07) is 15.1. The summed E-state index contributed by atoms with van der Waals surface area (Å²) in [5.74, 6) is -0.371. The van der Waals surface area contributed by atoms with Crippen molar-refractivity contribution in [3.8, 4) is 0 Å². The van der Waals surface area contributed by atoms with Gasteiger partial charge in [0.25, 0.3) is 5.91 Å². The molecule has 0 aliphatic heterocycles. The monoisotopic (exact) mass is 299 g/mol. The predicted molar refractivity (Wildman–Crippen MR) is 81.9 cm³/mol. The fraction of sp³-hybridized carbons (Fsp3) is 0. The van der Waals surface area contributed by atoms with E-state index >= 15 is 0 Å². The molecule has 104 valence electrons. The molecule has 0 unspecified atom stereocenters. The van der Waals surface area contributed by atoms with E-state index in [1.807, 2.05) is 6.07 Å². The zero-order valence-corrected chi connectivity index (χ0v) is 11.6. The molecule has 2 aromatic carbocycles. The minimum atomic E-state index is -0.603. The number of benzene rings is 2. The molecule has 0 saturated heterocycles. The van der Waals surface area contributed by atoms with E-state index in [4.69, 9.17) is 16.0 Å².